The first kappa shape index (κ1) is 16.5. The zero-order valence-corrected chi connectivity index (χ0v) is 14.8. The fourth-order valence-electron chi connectivity index (χ4n) is 2.91. The van der Waals surface area contributed by atoms with E-state index in [-0.39, 0.29) is 5.91 Å². The molecule has 1 atom stereocenters. The average molecular weight is 363 g/mol. The van der Waals surface area contributed by atoms with Gasteiger partial charge in [-0.15, -0.1) is 0 Å². The number of hydrogen-bond acceptors (Lipinski definition) is 3. The van der Waals surface area contributed by atoms with Crippen LogP contribution in [0, 0.1) is 0 Å². The summed E-state index contributed by atoms with van der Waals surface area (Å²) in [6, 6.07) is 19.2. The summed E-state index contributed by atoms with van der Waals surface area (Å²) < 4.78 is 13.6. The van der Waals surface area contributed by atoms with Gasteiger partial charge in [-0.3, -0.25) is 9.00 Å². The Kier molecular flexibility index (Phi) is 4.50. The number of para-hydroxylation sites is 1. The number of amides is 1. The van der Waals surface area contributed by atoms with Crippen LogP contribution in [0.25, 0.3) is 11.8 Å². The number of benzene rings is 2. The molecule has 0 spiro atoms. The van der Waals surface area contributed by atoms with Gasteiger partial charge in [-0.2, -0.15) is 5.10 Å². The molecule has 0 fully saturated rings. The number of hydrogen-bond donors (Lipinski definition) is 1. The second-order valence-electron chi connectivity index (χ2n) is 5.98. The Labute approximate surface area is 153 Å². The van der Waals surface area contributed by atoms with E-state index in [2.05, 4.69) is 10.4 Å². The van der Waals surface area contributed by atoms with Gasteiger partial charge in [0.1, 0.15) is 5.82 Å². The van der Waals surface area contributed by atoms with Crippen molar-refractivity contribution >= 4 is 28.6 Å². The lowest BCUT2D eigenvalue weighted by molar-refractivity contribution is -0.111. The lowest BCUT2D eigenvalue weighted by atomic mass is 10.2. The summed E-state index contributed by atoms with van der Waals surface area (Å²) in [5.41, 5.74) is 3.45. The maximum Gasteiger partial charge on any atom is 0.249 e. The molecule has 4 rings (SSSR count). The van der Waals surface area contributed by atoms with Gasteiger partial charge in [-0.05, 0) is 23.8 Å². The molecule has 130 valence electrons. The van der Waals surface area contributed by atoms with Crippen molar-refractivity contribution in [1.82, 2.24) is 9.78 Å². The van der Waals surface area contributed by atoms with Gasteiger partial charge in [-0.25, -0.2) is 4.68 Å². The Morgan fingerprint density at radius 1 is 1.04 bits per heavy atom. The Hall–Kier alpha value is -2.99. The van der Waals surface area contributed by atoms with Crippen LogP contribution in [0.3, 0.4) is 0 Å². The normalized spacial score (nSPS) is 15.9. The summed E-state index contributed by atoms with van der Waals surface area (Å²) in [4.78, 5) is 12.4. The van der Waals surface area contributed by atoms with Crippen LogP contribution in [0.5, 0.6) is 0 Å². The van der Waals surface area contributed by atoms with E-state index in [1.165, 1.54) is 6.08 Å². The first-order chi connectivity index (χ1) is 12.7. The molecule has 0 radical (unpaired) electrons. The molecule has 0 aliphatic carbocycles. The molecule has 2 aromatic carbocycles. The zero-order chi connectivity index (χ0) is 17.9. The minimum absolute atomic E-state index is 0.244. The minimum Gasteiger partial charge on any atom is -0.307 e. The molecule has 1 unspecified atom stereocenters. The maximum atomic E-state index is 12.4. The van der Waals surface area contributed by atoms with Crippen LogP contribution in [0.15, 0.2) is 66.7 Å². The highest BCUT2D eigenvalue weighted by Gasteiger charge is 2.27. The second kappa shape index (κ2) is 7.09. The highest BCUT2D eigenvalue weighted by molar-refractivity contribution is 7.83. The SMILES string of the molecule is O=C(/C=C\c1ccccc1)Nc1c2c(nn1-c1ccccc1)CS(=O)C2. The summed E-state index contributed by atoms with van der Waals surface area (Å²) >= 11 is 0. The third kappa shape index (κ3) is 3.36. The van der Waals surface area contributed by atoms with Crippen molar-refractivity contribution in [3.8, 4) is 5.69 Å². The lowest BCUT2D eigenvalue weighted by Crippen LogP contribution is -2.14. The smallest absolute Gasteiger partial charge is 0.249 e. The molecule has 5 nitrogen and oxygen atoms in total. The fraction of sp³-hybridized carbons (Fsp3) is 0.100. The van der Waals surface area contributed by atoms with Crippen LogP contribution in [0.4, 0.5) is 5.82 Å². The van der Waals surface area contributed by atoms with Gasteiger partial charge in [0.25, 0.3) is 0 Å². The lowest BCUT2D eigenvalue weighted by Gasteiger charge is -2.09. The molecule has 26 heavy (non-hydrogen) atoms. The first-order valence-corrected chi connectivity index (χ1v) is 9.75. The Morgan fingerprint density at radius 2 is 1.73 bits per heavy atom. The van der Waals surface area contributed by atoms with Gasteiger partial charge in [0.05, 0.1) is 22.9 Å². The number of nitrogens with zero attached hydrogens (tertiary/aromatic N) is 2. The van der Waals surface area contributed by atoms with E-state index in [4.69, 9.17) is 0 Å². The van der Waals surface area contributed by atoms with E-state index in [9.17, 15) is 9.00 Å². The van der Waals surface area contributed by atoms with Crippen molar-refractivity contribution in [2.45, 2.75) is 11.5 Å². The number of rotatable bonds is 4. The quantitative estimate of drug-likeness (QED) is 0.724. The molecule has 1 amide bonds. The Morgan fingerprint density at radius 3 is 2.46 bits per heavy atom. The van der Waals surface area contributed by atoms with E-state index in [0.29, 0.717) is 17.3 Å². The van der Waals surface area contributed by atoms with Gasteiger partial charge in [-0.1, -0.05) is 48.5 Å². The zero-order valence-electron chi connectivity index (χ0n) is 14.0. The maximum absolute atomic E-state index is 12.4. The molecule has 0 saturated heterocycles. The van der Waals surface area contributed by atoms with Crippen molar-refractivity contribution in [1.29, 1.82) is 0 Å². The highest BCUT2D eigenvalue weighted by Crippen LogP contribution is 2.31. The standard InChI is InChI=1S/C20H17N3O2S/c24-19(12-11-15-7-3-1-4-8-15)21-20-17-13-26(25)14-18(17)22-23(20)16-9-5-2-6-10-16/h1-12H,13-14H2,(H,21,24)/b12-11-. The summed E-state index contributed by atoms with van der Waals surface area (Å²) in [5.74, 6) is 1.20. The predicted molar refractivity (Wildman–Crippen MR) is 103 cm³/mol. The third-order valence-corrected chi connectivity index (χ3v) is 5.34. The predicted octanol–water partition coefficient (Wildman–Crippen LogP) is 3.29. The van der Waals surface area contributed by atoms with Crippen molar-refractivity contribution in [2.24, 2.45) is 0 Å². The third-order valence-electron chi connectivity index (χ3n) is 4.14. The molecule has 0 bridgehead atoms. The van der Waals surface area contributed by atoms with Gasteiger partial charge in [0.2, 0.25) is 5.91 Å². The number of carbonyl (C=O) groups is 1. The monoisotopic (exact) mass is 363 g/mol. The van der Waals surface area contributed by atoms with Gasteiger partial charge >= 0.3 is 0 Å². The molecular formula is C20H17N3O2S. The molecule has 1 aliphatic heterocycles. The van der Waals surface area contributed by atoms with Crippen LogP contribution in [0.2, 0.25) is 0 Å². The molecule has 2 heterocycles. The summed E-state index contributed by atoms with van der Waals surface area (Å²) in [7, 11) is -0.957. The molecule has 1 aromatic heterocycles. The van der Waals surface area contributed by atoms with Crippen LogP contribution < -0.4 is 5.32 Å². The van der Waals surface area contributed by atoms with E-state index < -0.39 is 10.8 Å². The summed E-state index contributed by atoms with van der Waals surface area (Å²) in [6.07, 6.45) is 3.26. The second-order valence-corrected chi connectivity index (χ2v) is 7.44. The van der Waals surface area contributed by atoms with E-state index in [1.807, 2.05) is 60.7 Å². The largest absolute Gasteiger partial charge is 0.307 e. The average Bonchev–Trinajstić information content (AvgIpc) is 3.19. The fourth-order valence-corrected chi connectivity index (χ4v) is 4.17. The number of anilines is 1. The van der Waals surface area contributed by atoms with Gasteiger partial charge in [0, 0.05) is 22.4 Å². The number of aromatic nitrogens is 2. The number of fused-ring (bicyclic) bond motifs is 1. The van der Waals surface area contributed by atoms with E-state index >= 15 is 0 Å². The number of nitrogens with one attached hydrogen (secondary N) is 1. The van der Waals surface area contributed by atoms with Crippen LogP contribution in [-0.2, 0) is 27.1 Å². The molecule has 1 aliphatic rings. The number of carbonyl (C=O) groups excluding carboxylic acids is 1. The molecular weight excluding hydrogens is 346 g/mol. The molecule has 6 heteroatoms. The summed E-state index contributed by atoms with van der Waals surface area (Å²) in [5, 5.41) is 7.49. The molecule has 3 aromatic rings. The van der Waals surface area contributed by atoms with Crippen LogP contribution >= 0.6 is 0 Å². The Balaban J connectivity index is 1.64. The van der Waals surface area contributed by atoms with E-state index in [0.717, 1.165) is 22.5 Å². The van der Waals surface area contributed by atoms with Gasteiger partial charge in [0.15, 0.2) is 0 Å². The molecule has 0 saturated carbocycles. The van der Waals surface area contributed by atoms with Crippen LogP contribution in [0.1, 0.15) is 16.8 Å². The first-order valence-electron chi connectivity index (χ1n) is 8.26. The van der Waals surface area contributed by atoms with Crippen molar-refractivity contribution in [3.63, 3.8) is 0 Å². The van der Waals surface area contributed by atoms with Gasteiger partial charge < -0.3 is 5.32 Å². The van der Waals surface area contributed by atoms with Crippen LogP contribution in [-0.4, -0.2) is 19.9 Å². The van der Waals surface area contributed by atoms with Crippen molar-refractivity contribution in [2.75, 3.05) is 5.32 Å². The minimum atomic E-state index is -0.957. The summed E-state index contributed by atoms with van der Waals surface area (Å²) in [6.45, 7) is 0. The Bertz CT molecular complexity index is 995. The molecule has 1 N–H and O–H groups in total. The topological polar surface area (TPSA) is 64.0 Å². The highest BCUT2D eigenvalue weighted by atomic mass is 32.2. The van der Waals surface area contributed by atoms with Crippen molar-refractivity contribution in [3.05, 3.63) is 83.6 Å². The van der Waals surface area contributed by atoms with Crippen molar-refractivity contribution < 1.29 is 9.00 Å². The van der Waals surface area contributed by atoms with E-state index in [1.54, 1.807) is 10.8 Å².